The van der Waals surface area contributed by atoms with Crippen molar-refractivity contribution in [1.82, 2.24) is 9.55 Å². The maximum Gasteiger partial charge on any atom is 0.145 e. The van der Waals surface area contributed by atoms with Crippen molar-refractivity contribution in [3.8, 4) is 39.3 Å². The Morgan fingerprint density at radius 2 is 1.02 bits per heavy atom. The highest BCUT2D eigenvalue weighted by Gasteiger charge is 2.21. The SMILES string of the molecule is c1ccc(-n2c(-c3cccc(-c4c5ccccc5c(-c5cccc6oc7ccccc7c56)c5ccccc45)c3)nc3ccccc32)cc1. The van der Waals surface area contributed by atoms with Crippen molar-refractivity contribution < 1.29 is 4.42 Å². The highest BCUT2D eigenvalue weighted by molar-refractivity contribution is 6.25. The fourth-order valence-corrected chi connectivity index (χ4v) is 7.58. The molecule has 10 rings (SSSR count). The fourth-order valence-electron chi connectivity index (χ4n) is 7.58. The summed E-state index contributed by atoms with van der Waals surface area (Å²) in [6, 6.07) is 60.2. The number of imidazole rings is 1. The Morgan fingerprint density at radius 3 is 1.79 bits per heavy atom. The minimum absolute atomic E-state index is 0.903. The van der Waals surface area contributed by atoms with Crippen molar-refractivity contribution in [3.05, 3.63) is 170 Å². The van der Waals surface area contributed by atoms with Gasteiger partial charge in [0, 0.05) is 22.0 Å². The molecule has 0 atom stereocenters. The van der Waals surface area contributed by atoms with Crippen molar-refractivity contribution in [3.63, 3.8) is 0 Å². The van der Waals surface area contributed by atoms with Crippen LogP contribution in [0, 0.1) is 0 Å². The number of para-hydroxylation sites is 4. The van der Waals surface area contributed by atoms with Crippen molar-refractivity contribution in [1.29, 1.82) is 0 Å². The molecule has 48 heavy (non-hydrogen) atoms. The van der Waals surface area contributed by atoms with Crippen LogP contribution in [0.25, 0.3) is 93.8 Å². The summed E-state index contributed by atoms with van der Waals surface area (Å²) in [6.45, 7) is 0. The number of fused-ring (bicyclic) bond motifs is 6. The van der Waals surface area contributed by atoms with Gasteiger partial charge in [0.15, 0.2) is 0 Å². The van der Waals surface area contributed by atoms with E-state index in [1.54, 1.807) is 0 Å². The van der Waals surface area contributed by atoms with E-state index in [0.29, 0.717) is 0 Å². The maximum absolute atomic E-state index is 6.34. The largest absolute Gasteiger partial charge is 0.456 e. The molecule has 0 radical (unpaired) electrons. The molecule has 224 valence electrons. The number of rotatable bonds is 4. The summed E-state index contributed by atoms with van der Waals surface area (Å²) in [6.07, 6.45) is 0. The van der Waals surface area contributed by atoms with E-state index in [0.717, 1.165) is 55.6 Å². The van der Waals surface area contributed by atoms with Gasteiger partial charge in [0.1, 0.15) is 17.0 Å². The molecule has 0 spiro atoms. The van der Waals surface area contributed by atoms with Gasteiger partial charge in [-0.05, 0) is 86.3 Å². The summed E-state index contributed by atoms with van der Waals surface area (Å²) < 4.78 is 8.61. The second kappa shape index (κ2) is 10.5. The molecule has 0 N–H and O–H groups in total. The summed E-state index contributed by atoms with van der Waals surface area (Å²) in [5.74, 6) is 0.924. The zero-order chi connectivity index (χ0) is 31.6. The maximum atomic E-state index is 6.34. The average Bonchev–Trinajstić information content (AvgIpc) is 3.73. The molecule has 2 heterocycles. The Labute approximate surface area is 277 Å². The van der Waals surface area contributed by atoms with E-state index in [2.05, 4.69) is 168 Å². The molecule has 0 saturated heterocycles. The van der Waals surface area contributed by atoms with Crippen LogP contribution in [-0.2, 0) is 0 Å². The van der Waals surface area contributed by atoms with Gasteiger partial charge < -0.3 is 4.42 Å². The molecular weight excluding hydrogens is 585 g/mol. The van der Waals surface area contributed by atoms with Crippen LogP contribution in [-0.4, -0.2) is 9.55 Å². The minimum Gasteiger partial charge on any atom is -0.456 e. The summed E-state index contributed by atoms with van der Waals surface area (Å²) in [7, 11) is 0. The van der Waals surface area contributed by atoms with Crippen LogP contribution in [0.4, 0.5) is 0 Å². The van der Waals surface area contributed by atoms with Gasteiger partial charge in [0.25, 0.3) is 0 Å². The molecule has 8 aromatic carbocycles. The first-order chi connectivity index (χ1) is 23.8. The predicted molar refractivity (Wildman–Crippen MR) is 200 cm³/mol. The molecule has 2 aromatic heterocycles. The molecule has 0 unspecified atom stereocenters. The van der Waals surface area contributed by atoms with Crippen LogP contribution < -0.4 is 0 Å². The Hall–Kier alpha value is -6.45. The summed E-state index contributed by atoms with van der Waals surface area (Å²) in [4.78, 5) is 5.18. The van der Waals surface area contributed by atoms with Gasteiger partial charge in [-0.3, -0.25) is 4.57 Å². The summed E-state index contributed by atoms with van der Waals surface area (Å²) in [5, 5.41) is 7.14. The van der Waals surface area contributed by atoms with Gasteiger partial charge in [-0.1, -0.05) is 127 Å². The van der Waals surface area contributed by atoms with E-state index in [1.165, 1.54) is 38.2 Å². The lowest BCUT2D eigenvalue weighted by molar-refractivity contribution is 0.669. The van der Waals surface area contributed by atoms with Gasteiger partial charge in [-0.2, -0.15) is 0 Å². The van der Waals surface area contributed by atoms with Gasteiger partial charge >= 0.3 is 0 Å². The zero-order valence-corrected chi connectivity index (χ0v) is 26.0. The standard InChI is InChI=1S/C45H28N2O/c1-2-16-31(17-3-1)47-39-25-10-9-24-38(39)46-45(47)30-15-12-14-29(28-30)42-32-18-4-6-20-34(32)43(35-21-7-5-19-33(35)42)37-23-13-27-41-44(37)36-22-8-11-26-40(36)48-41/h1-28H. The fraction of sp³-hybridized carbons (Fsp3) is 0. The molecule has 3 heteroatoms. The number of nitrogens with zero attached hydrogens (tertiary/aromatic N) is 2. The van der Waals surface area contributed by atoms with Crippen LogP contribution in [0.1, 0.15) is 0 Å². The van der Waals surface area contributed by atoms with Crippen molar-refractivity contribution in [2.75, 3.05) is 0 Å². The first-order valence-electron chi connectivity index (χ1n) is 16.3. The van der Waals surface area contributed by atoms with Crippen molar-refractivity contribution in [2.45, 2.75) is 0 Å². The number of aromatic nitrogens is 2. The second-order valence-corrected chi connectivity index (χ2v) is 12.3. The lowest BCUT2D eigenvalue weighted by atomic mass is 9.84. The molecule has 10 aromatic rings. The Morgan fingerprint density at radius 1 is 0.438 bits per heavy atom. The lowest BCUT2D eigenvalue weighted by Crippen LogP contribution is -1.97. The van der Waals surface area contributed by atoms with Gasteiger partial charge in [-0.15, -0.1) is 0 Å². The third-order valence-corrected chi connectivity index (χ3v) is 9.59. The monoisotopic (exact) mass is 612 g/mol. The van der Waals surface area contributed by atoms with E-state index in [1.807, 2.05) is 6.07 Å². The molecular formula is C45H28N2O. The van der Waals surface area contributed by atoms with E-state index < -0.39 is 0 Å². The van der Waals surface area contributed by atoms with Crippen LogP contribution in [0.5, 0.6) is 0 Å². The molecule has 0 aliphatic heterocycles. The Kier molecular flexibility index (Phi) is 5.87. The second-order valence-electron chi connectivity index (χ2n) is 12.3. The van der Waals surface area contributed by atoms with Crippen LogP contribution in [0.15, 0.2) is 174 Å². The van der Waals surface area contributed by atoms with Gasteiger partial charge in [-0.25, -0.2) is 4.98 Å². The quantitative estimate of drug-likeness (QED) is 0.185. The predicted octanol–water partition coefficient (Wildman–Crippen LogP) is 12.2. The third kappa shape index (κ3) is 3.98. The van der Waals surface area contributed by atoms with Crippen molar-refractivity contribution >= 4 is 54.5 Å². The van der Waals surface area contributed by atoms with Crippen LogP contribution in [0.2, 0.25) is 0 Å². The smallest absolute Gasteiger partial charge is 0.145 e. The number of benzene rings is 8. The first kappa shape index (κ1) is 26.7. The molecule has 0 aliphatic carbocycles. The van der Waals surface area contributed by atoms with Gasteiger partial charge in [0.05, 0.1) is 11.0 Å². The Balaban J connectivity index is 1.26. The highest BCUT2D eigenvalue weighted by Crippen LogP contribution is 2.47. The molecule has 0 aliphatic rings. The van der Waals surface area contributed by atoms with Gasteiger partial charge in [0.2, 0.25) is 0 Å². The number of hydrogen-bond acceptors (Lipinski definition) is 2. The Bertz CT molecular complexity index is 2780. The topological polar surface area (TPSA) is 31.0 Å². The average molecular weight is 613 g/mol. The third-order valence-electron chi connectivity index (χ3n) is 9.59. The first-order valence-corrected chi connectivity index (χ1v) is 16.3. The van der Waals surface area contributed by atoms with Crippen molar-refractivity contribution in [2.24, 2.45) is 0 Å². The molecule has 0 saturated carbocycles. The summed E-state index contributed by atoms with van der Waals surface area (Å²) in [5.41, 5.74) is 10.8. The van der Waals surface area contributed by atoms with E-state index >= 15 is 0 Å². The van der Waals surface area contributed by atoms with Crippen LogP contribution >= 0.6 is 0 Å². The molecule has 0 amide bonds. The minimum atomic E-state index is 0.903. The van der Waals surface area contributed by atoms with E-state index in [4.69, 9.17) is 9.40 Å². The van der Waals surface area contributed by atoms with Crippen LogP contribution in [0.3, 0.4) is 0 Å². The number of hydrogen-bond donors (Lipinski definition) is 0. The molecule has 0 fully saturated rings. The van der Waals surface area contributed by atoms with E-state index in [9.17, 15) is 0 Å². The lowest BCUT2D eigenvalue weighted by Gasteiger charge is -2.18. The molecule has 0 bridgehead atoms. The normalized spacial score (nSPS) is 11.8. The summed E-state index contributed by atoms with van der Waals surface area (Å²) >= 11 is 0. The zero-order valence-electron chi connectivity index (χ0n) is 26.0. The van der Waals surface area contributed by atoms with E-state index in [-0.39, 0.29) is 0 Å². The molecule has 3 nitrogen and oxygen atoms in total. The highest BCUT2D eigenvalue weighted by atomic mass is 16.3. The number of furan rings is 1.